The zero-order chi connectivity index (χ0) is 28.2. The number of fused-ring (bicyclic) bond motifs is 7. The third-order valence-electron chi connectivity index (χ3n) is 14.7. The Labute approximate surface area is 233 Å². The number of carbonyl (C=O) groups is 1. The number of rotatable bonds is 3. The van der Waals surface area contributed by atoms with Crippen molar-refractivity contribution in [1.82, 2.24) is 0 Å². The molecule has 5 saturated carbocycles. The Morgan fingerprint density at radius 1 is 0.974 bits per heavy atom. The van der Waals surface area contributed by atoms with Crippen LogP contribution in [-0.4, -0.2) is 63.2 Å². The largest absolute Gasteiger partial charge is 0.459 e. The molecule has 0 aromatic heterocycles. The van der Waals surface area contributed by atoms with Gasteiger partial charge in [-0.2, -0.15) is 0 Å². The summed E-state index contributed by atoms with van der Waals surface area (Å²) in [5, 5.41) is 33.7. The maximum atomic E-state index is 12.8. The van der Waals surface area contributed by atoms with Crippen LogP contribution in [0, 0.1) is 44.8 Å². The monoisotopic (exact) mass is 546 g/mol. The Bertz CT molecular complexity index is 1100. The standard InChI is InChI=1S/C32H50O7/c1-18(34)37-24-22-23(27(6)12-15-32(38-22,39-27)26(4,5)36)31(17-33)14-13-30-16-29(30)11-10-21(35)25(2,3)19(29)8-9-20(30)28(24,31)7/h19-24,33,35-36H,8-17H2,1-7H3/t19?,20-,21-,22+,23?,24-,27-,28+,29+,30-,31-,32-/m0/s1. The Hall–Kier alpha value is -0.730. The minimum atomic E-state index is -1.23. The van der Waals surface area contributed by atoms with E-state index in [1.54, 1.807) is 13.8 Å². The molecule has 7 aliphatic rings. The molecule has 3 N–H and O–H groups in total. The summed E-state index contributed by atoms with van der Waals surface area (Å²) in [5.41, 5.74) is -2.59. The minimum Gasteiger partial charge on any atom is -0.459 e. The highest BCUT2D eigenvalue weighted by Crippen LogP contribution is 2.89. The Morgan fingerprint density at radius 3 is 2.28 bits per heavy atom. The lowest BCUT2D eigenvalue weighted by Gasteiger charge is -2.64. The Morgan fingerprint density at radius 2 is 1.64 bits per heavy atom. The molecule has 0 aromatic rings. The van der Waals surface area contributed by atoms with Gasteiger partial charge in [-0.05, 0) is 100 Å². The summed E-state index contributed by atoms with van der Waals surface area (Å²) in [7, 11) is 0. The van der Waals surface area contributed by atoms with Crippen LogP contribution in [0.3, 0.4) is 0 Å². The fourth-order valence-electron chi connectivity index (χ4n) is 13.0. The summed E-state index contributed by atoms with van der Waals surface area (Å²) in [5.74, 6) is -0.859. The number of aliphatic hydroxyl groups excluding tert-OH is 2. The molecule has 2 aliphatic heterocycles. The Balaban J connectivity index is 1.38. The molecule has 2 spiro atoms. The number of hydrogen-bond acceptors (Lipinski definition) is 7. The van der Waals surface area contributed by atoms with E-state index >= 15 is 0 Å². The molecule has 5 aliphatic carbocycles. The van der Waals surface area contributed by atoms with E-state index in [1.165, 1.54) is 13.3 Å². The zero-order valence-electron chi connectivity index (χ0n) is 25.0. The third kappa shape index (κ3) is 2.77. The van der Waals surface area contributed by atoms with Crippen LogP contribution in [0.4, 0.5) is 0 Å². The minimum absolute atomic E-state index is 0.00742. The van der Waals surface area contributed by atoms with E-state index < -0.39 is 40.0 Å². The van der Waals surface area contributed by atoms with E-state index in [9.17, 15) is 20.1 Å². The summed E-state index contributed by atoms with van der Waals surface area (Å²) < 4.78 is 20.0. The first-order valence-corrected chi connectivity index (χ1v) is 15.6. The lowest BCUT2D eigenvalue weighted by atomic mass is 9.41. The number of carbonyl (C=O) groups excluding carboxylic acids is 1. The number of aliphatic hydroxyl groups is 3. The van der Waals surface area contributed by atoms with Crippen molar-refractivity contribution in [2.24, 2.45) is 44.8 Å². The van der Waals surface area contributed by atoms with Gasteiger partial charge in [0.2, 0.25) is 0 Å². The molecule has 7 rings (SSSR count). The normalized spacial score (nSPS) is 58.4. The van der Waals surface area contributed by atoms with Crippen molar-refractivity contribution in [2.45, 2.75) is 142 Å². The molecule has 220 valence electrons. The summed E-state index contributed by atoms with van der Waals surface area (Å²) in [4.78, 5) is 12.8. The van der Waals surface area contributed by atoms with Gasteiger partial charge < -0.3 is 29.5 Å². The summed E-state index contributed by atoms with van der Waals surface area (Å²) >= 11 is 0. The highest BCUT2D eigenvalue weighted by Gasteiger charge is 2.88. The lowest BCUT2D eigenvalue weighted by molar-refractivity contribution is -0.389. The number of ether oxygens (including phenoxy) is 3. The molecule has 12 atom stereocenters. The molecule has 7 heteroatoms. The van der Waals surface area contributed by atoms with Crippen molar-refractivity contribution in [3.05, 3.63) is 0 Å². The van der Waals surface area contributed by atoms with Crippen LogP contribution in [-0.2, 0) is 19.0 Å². The van der Waals surface area contributed by atoms with Gasteiger partial charge in [0.25, 0.3) is 0 Å². The fourth-order valence-corrected chi connectivity index (χ4v) is 13.0. The van der Waals surface area contributed by atoms with E-state index in [0.717, 1.165) is 44.9 Å². The molecule has 39 heavy (non-hydrogen) atoms. The van der Waals surface area contributed by atoms with Gasteiger partial charge in [-0.3, -0.25) is 4.79 Å². The second-order valence-corrected chi connectivity index (χ2v) is 16.5. The maximum absolute atomic E-state index is 12.8. The van der Waals surface area contributed by atoms with Crippen LogP contribution in [0.1, 0.15) is 106 Å². The average Bonchev–Trinajstić information content (AvgIpc) is 3.34. The lowest BCUT2D eigenvalue weighted by Crippen LogP contribution is -2.65. The molecule has 0 aromatic carbocycles. The first-order valence-electron chi connectivity index (χ1n) is 15.6. The highest BCUT2D eigenvalue weighted by atomic mass is 16.7. The van der Waals surface area contributed by atoms with Gasteiger partial charge in [-0.25, -0.2) is 0 Å². The summed E-state index contributed by atoms with van der Waals surface area (Å²) in [6.45, 7) is 14.0. The highest BCUT2D eigenvalue weighted by molar-refractivity contribution is 5.66. The van der Waals surface area contributed by atoms with Crippen molar-refractivity contribution in [2.75, 3.05) is 6.61 Å². The first kappa shape index (κ1) is 27.1. The summed E-state index contributed by atoms with van der Waals surface area (Å²) in [6, 6.07) is 0. The van der Waals surface area contributed by atoms with E-state index in [-0.39, 0.29) is 46.8 Å². The molecular formula is C32H50O7. The van der Waals surface area contributed by atoms with Gasteiger partial charge in [0.05, 0.1) is 11.7 Å². The third-order valence-corrected chi connectivity index (χ3v) is 14.7. The predicted molar refractivity (Wildman–Crippen MR) is 143 cm³/mol. The van der Waals surface area contributed by atoms with E-state index in [2.05, 4.69) is 27.7 Å². The smallest absolute Gasteiger partial charge is 0.303 e. The van der Waals surface area contributed by atoms with Crippen molar-refractivity contribution < 1.29 is 34.3 Å². The molecule has 0 radical (unpaired) electrons. The second kappa shape index (κ2) is 7.42. The molecule has 2 unspecified atom stereocenters. The van der Waals surface area contributed by atoms with Crippen molar-refractivity contribution in [3.63, 3.8) is 0 Å². The fraction of sp³-hybridized carbons (Fsp3) is 0.969. The quantitative estimate of drug-likeness (QED) is 0.452. The van der Waals surface area contributed by atoms with Crippen LogP contribution in [0.25, 0.3) is 0 Å². The van der Waals surface area contributed by atoms with Gasteiger partial charge >= 0.3 is 5.97 Å². The summed E-state index contributed by atoms with van der Waals surface area (Å²) in [6.07, 6.45) is 7.12. The van der Waals surface area contributed by atoms with Crippen LogP contribution >= 0.6 is 0 Å². The molecule has 2 saturated heterocycles. The van der Waals surface area contributed by atoms with Crippen molar-refractivity contribution in [3.8, 4) is 0 Å². The van der Waals surface area contributed by atoms with Gasteiger partial charge in [-0.15, -0.1) is 0 Å². The van der Waals surface area contributed by atoms with Gasteiger partial charge in [0.15, 0.2) is 5.79 Å². The SMILES string of the molecule is CC(=O)O[C@H]1[C@@H]2O[C@@]3(C(C)(C)O)CC[C@](C)(O3)C2[C@@]2(CO)CC[C@@]34C[C@@]35CC[C@H](O)C(C)(C)C5CC[C@H]4[C@]12C. The van der Waals surface area contributed by atoms with Crippen LogP contribution < -0.4 is 0 Å². The van der Waals surface area contributed by atoms with Crippen molar-refractivity contribution >= 4 is 5.97 Å². The molecule has 0 amide bonds. The second-order valence-electron chi connectivity index (χ2n) is 16.5. The number of hydrogen-bond donors (Lipinski definition) is 3. The van der Waals surface area contributed by atoms with Crippen LogP contribution in [0.5, 0.6) is 0 Å². The molecular weight excluding hydrogens is 496 g/mol. The maximum Gasteiger partial charge on any atom is 0.303 e. The van der Waals surface area contributed by atoms with E-state index in [0.29, 0.717) is 12.3 Å². The van der Waals surface area contributed by atoms with E-state index in [4.69, 9.17) is 14.2 Å². The van der Waals surface area contributed by atoms with Crippen molar-refractivity contribution in [1.29, 1.82) is 0 Å². The molecule has 7 nitrogen and oxygen atoms in total. The average molecular weight is 547 g/mol. The van der Waals surface area contributed by atoms with Gasteiger partial charge in [-0.1, -0.05) is 20.8 Å². The molecule has 2 bridgehead atoms. The van der Waals surface area contributed by atoms with Gasteiger partial charge in [0.1, 0.15) is 17.8 Å². The Kier molecular flexibility index (Phi) is 5.16. The zero-order valence-corrected chi connectivity index (χ0v) is 25.0. The first-order chi connectivity index (χ1) is 18.0. The van der Waals surface area contributed by atoms with E-state index in [1.807, 2.05) is 0 Å². The molecule has 2 heterocycles. The van der Waals surface area contributed by atoms with Crippen LogP contribution in [0.15, 0.2) is 0 Å². The topological polar surface area (TPSA) is 105 Å². The van der Waals surface area contributed by atoms with Crippen LogP contribution in [0.2, 0.25) is 0 Å². The van der Waals surface area contributed by atoms with Gasteiger partial charge in [0, 0.05) is 36.7 Å². The predicted octanol–water partition coefficient (Wildman–Crippen LogP) is 4.35. The molecule has 7 fully saturated rings. The number of esters is 1.